The molecule has 184 valence electrons. The molecule has 8 nitrogen and oxygen atoms in total. The number of hydrogen-bond donors (Lipinski definition) is 0. The molecule has 0 saturated carbocycles. The van der Waals surface area contributed by atoms with E-state index in [2.05, 4.69) is 36.6 Å². The van der Waals surface area contributed by atoms with Crippen molar-refractivity contribution < 1.29 is 13.9 Å². The minimum absolute atomic E-state index is 0.254. The van der Waals surface area contributed by atoms with E-state index < -0.39 is 5.82 Å². The van der Waals surface area contributed by atoms with Crippen LogP contribution >= 0.6 is 11.6 Å². The number of fused-ring (bicyclic) bond motifs is 3. The molecule has 2 aromatic heterocycles. The number of ether oxygens (including phenoxy) is 2. The van der Waals surface area contributed by atoms with Crippen molar-refractivity contribution in [3.63, 3.8) is 0 Å². The molecule has 0 unspecified atom stereocenters. The zero-order valence-corrected chi connectivity index (χ0v) is 20.4. The molecule has 3 aliphatic heterocycles. The molecule has 5 heterocycles. The third kappa shape index (κ3) is 4.26. The second kappa shape index (κ2) is 9.37. The highest BCUT2D eigenvalue weighted by Crippen LogP contribution is 2.36. The second-order valence-corrected chi connectivity index (χ2v) is 9.88. The monoisotopic (exact) mass is 498 g/mol. The zero-order chi connectivity index (χ0) is 23.9. The van der Waals surface area contributed by atoms with E-state index in [0.29, 0.717) is 17.6 Å². The number of anilines is 1. The fourth-order valence-electron chi connectivity index (χ4n) is 5.53. The number of hydrogen-bond acceptors (Lipinski definition) is 7. The van der Waals surface area contributed by atoms with E-state index in [1.807, 2.05) is 6.07 Å². The number of halogens is 2. The maximum atomic E-state index is 13.6. The van der Waals surface area contributed by atoms with E-state index in [9.17, 15) is 4.39 Å². The molecule has 35 heavy (non-hydrogen) atoms. The molecule has 3 aromatic rings. The van der Waals surface area contributed by atoms with Crippen LogP contribution in [0.3, 0.4) is 0 Å². The smallest absolute Gasteiger partial charge is 0.171 e. The Morgan fingerprint density at radius 3 is 2.74 bits per heavy atom. The number of benzene rings is 1. The Morgan fingerprint density at radius 2 is 1.97 bits per heavy atom. The predicted molar refractivity (Wildman–Crippen MR) is 130 cm³/mol. The van der Waals surface area contributed by atoms with Crippen LogP contribution < -0.4 is 9.64 Å². The quantitative estimate of drug-likeness (QED) is 0.539. The van der Waals surface area contributed by atoms with Gasteiger partial charge in [-0.1, -0.05) is 11.6 Å². The summed E-state index contributed by atoms with van der Waals surface area (Å²) in [6.07, 6.45) is 4.05. The van der Waals surface area contributed by atoms with Crippen LogP contribution in [0.1, 0.15) is 42.4 Å². The summed E-state index contributed by atoms with van der Waals surface area (Å²) in [7, 11) is 1.54. The molecule has 0 radical (unpaired) electrons. The lowest BCUT2D eigenvalue weighted by Gasteiger charge is -2.33. The van der Waals surface area contributed by atoms with Gasteiger partial charge in [0.2, 0.25) is 0 Å². The summed E-state index contributed by atoms with van der Waals surface area (Å²) in [4.78, 5) is 8.89. The SMILES string of the molecule is COc1cc(F)cnc1N1CCC(c2nnc3n2-c2ccc(Cl)cc2CN([C@@H]2CCOC2)C3)CC1. The van der Waals surface area contributed by atoms with Crippen LogP contribution in [0, 0.1) is 5.82 Å². The molecule has 10 heteroatoms. The van der Waals surface area contributed by atoms with Crippen LogP contribution in [0.15, 0.2) is 30.5 Å². The minimum atomic E-state index is -0.399. The van der Waals surface area contributed by atoms with Crippen LogP contribution in [0.5, 0.6) is 5.75 Å². The van der Waals surface area contributed by atoms with Crippen LogP contribution in [0.2, 0.25) is 5.02 Å². The van der Waals surface area contributed by atoms with Crippen molar-refractivity contribution in [3.8, 4) is 11.4 Å². The molecule has 0 bridgehead atoms. The Bertz CT molecular complexity index is 1220. The average molecular weight is 499 g/mol. The number of nitrogens with zero attached hydrogens (tertiary/aromatic N) is 6. The van der Waals surface area contributed by atoms with E-state index in [1.54, 1.807) is 7.11 Å². The lowest BCUT2D eigenvalue weighted by Crippen LogP contribution is -2.34. The molecule has 0 N–H and O–H groups in total. The lowest BCUT2D eigenvalue weighted by atomic mass is 9.95. The van der Waals surface area contributed by atoms with E-state index in [-0.39, 0.29) is 5.92 Å². The van der Waals surface area contributed by atoms with Gasteiger partial charge in [-0.15, -0.1) is 10.2 Å². The van der Waals surface area contributed by atoms with Crippen molar-refractivity contribution in [2.24, 2.45) is 0 Å². The topological polar surface area (TPSA) is 68.5 Å². The van der Waals surface area contributed by atoms with Gasteiger partial charge in [0.05, 0.1) is 32.1 Å². The Kier molecular flexibility index (Phi) is 6.07. The first kappa shape index (κ1) is 22.7. The van der Waals surface area contributed by atoms with Gasteiger partial charge in [-0.25, -0.2) is 9.37 Å². The Morgan fingerprint density at radius 1 is 1.11 bits per heavy atom. The Labute approximate surface area is 208 Å². The predicted octanol–water partition coefficient (Wildman–Crippen LogP) is 3.95. The zero-order valence-electron chi connectivity index (χ0n) is 19.7. The number of methoxy groups -OCH3 is 1. The van der Waals surface area contributed by atoms with Gasteiger partial charge in [0.15, 0.2) is 17.4 Å². The minimum Gasteiger partial charge on any atom is -0.493 e. The Balaban J connectivity index is 1.29. The fourth-order valence-corrected chi connectivity index (χ4v) is 5.73. The summed E-state index contributed by atoms with van der Waals surface area (Å²) in [6, 6.07) is 7.85. The highest BCUT2D eigenvalue weighted by Gasteiger charge is 2.33. The normalized spacial score (nSPS) is 21.0. The van der Waals surface area contributed by atoms with Gasteiger partial charge in [0.1, 0.15) is 11.6 Å². The van der Waals surface area contributed by atoms with Crippen LogP contribution in [0.4, 0.5) is 10.2 Å². The van der Waals surface area contributed by atoms with Gasteiger partial charge in [0.25, 0.3) is 0 Å². The first-order valence-corrected chi connectivity index (χ1v) is 12.5. The molecular weight excluding hydrogens is 471 g/mol. The van der Waals surface area contributed by atoms with Crippen molar-refractivity contribution >= 4 is 17.4 Å². The standard InChI is InChI=1S/C25H28ClFN6O2/c1-34-22-11-19(27)12-28-25(22)31-7-4-16(5-8-31)24-30-29-23-14-32(20-6-9-35-15-20)13-17-10-18(26)2-3-21(17)33(23)24/h2-3,10-12,16,20H,4-9,13-15H2,1H3/t20-/m1/s1. The maximum Gasteiger partial charge on any atom is 0.171 e. The average Bonchev–Trinajstić information content (AvgIpc) is 3.52. The van der Waals surface area contributed by atoms with E-state index >= 15 is 0 Å². The molecule has 0 spiro atoms. The van der Waals surface area contributed by atoms with Crippen molar-refractivity contribution in [2.45, 2.75) is 44.3 Å². The van der Waals surface area contributed by atoms with Gasteiger partial charge in [-0.3, -0.25) is 9.47 Å². The van der Waals surface area contributed by atoms with Gasteiger partial charge < -0.3 is 14.4 Å². The number of pyridine rings is 1. The van der Waals surface area contributed by atoms with Gasteiger partial charge in [-0.2, -0.15) is 0 Å². The van der Waals surface area contributed by atoms with Crippen molar-refractivity contribution in [2.75, 3.05) is 38.3 Å². The highest BCUT2D eigenvalue weighted by molar-refractivity contribution is 6.30. The molecule has 2 fully saturated rings. The third-order valence-corrected chi connectivity index (χ3v) is 7.59. The van der Waals surface area contributed by atoms with Crippen LogP contribution in [-0.2, 0) is 17.8 Å². The lowest BCUT2D eigenvalue weighted by molar-refractivity contribution is 0.133. The van der Waals surface area contributed by atoms with E-state index in [4.69, 9.17) is 26.2 Å². The molecule has 1 atom stereocenters. The van der Waals surface area contributed by atoms with Crippen molar-refractivity contribution in [1.29, 1.82) is 0 Å². The molecule has 1 aromatic carbocycles. The summed E-state index contributed by atoms with van der Waals surface area (Å²) in [5, 5.41) is 10.1. The maximum absolute atomic E-state index is 13.6. The molecular formula is C25H28ClFN6O2. The van der Waals surface area contributed by atoms with Crippen LogP contribution in [0.25, 0.3) is 5.69 Å². The summed E-state index contributed by atoms with van der Waals surface area (Å²) in [5.41, 5.74) is 2.29. The molecule has 2 saturated heterocycles. The summed E-state index contributed by atoms with van der Waals surface area (Å²) in [6.45, 7) is 4.63. The van der Waals surface area contributed by atoms with Crippen molar-refractivity contribution in [3.05, 3.63) is 58.5 Å². The number of aromatic nitrogens is 4. The molecule has 3 aliphatic rings. The highest BCUT2D eigenvalue weighted by atomic mass is 35.5. The van der Waals surface area contributed by atoms with Gasteiger partial charge in [0, 0.05) is 49.3 Å². The largest absolute Gasteiger partial charge is 0.493 e. The molecule has 0 amide bonds. The van der Waals surface area contributed by atoms with Gasteiger partial charge in [-0.05, 0) is 43.0 Å². The van der Waals surface area contributed by atoms with E-state index in [1.165, 1.54) is 17.8 Å². The third-order valence-electron chi connectivity index (χ3n) is 7.36. The number of piperidine rings is 1. The molecule has 0 aliphatic carbocycles. The summed E-state index contributed by atoms with van der Waals surface area (Å²) >= 11 is 6.41. The second-order valence-electron chi connectivity index (χ2n) is 9.45. The first-order valence-electron chi connectivity index (χ1n) is 12.1. The van der Waals surface area contributed by atoms with Gasteiger partial charge >= 0.3 is 0 Å². The Hall–Kier alpha value is -2.75. The first-order chi connectivity index (χ1) is 17.1. The number of rotatable bonds is 4. The fraction of sp³-hybridized carbons (Fsp3) is 0.480. The summed E-state index contributed by atoms with van der Waals surface area (Å²) in [5.74, 6) is 2.94. The van der Waals surface area contributed by atoms with Crippen molar-refractivity contribution in [1.82, 2.24) is 24.6 Å². The summed E-state index contributed by atoms with van der Waals surface area (Å²) < 4.78 is 26.9. The van der Waals surface area contributed by atoms with E-state index in [0.717, 1.165) is 81.0 Å². The van der Waals surface area contributed by atoms with Crippen LogP contribution in [-0.4, -0.2) is 64.1 Å². The molecule has 6 rings (SSSR count).